The van der Waals surface area contributed by atoms with E-state index in [-0.39, 0.29) is 11.1 Å². The first-order valence-corrected chi connectivity index (χ1v) is 6.57. The summed E-state index contributed by atoms with van der Waals surface area (Å²) in [7, 11) is 0. The predicted molar refractivity (Wildman–Crippen MR) is 78.7 cm³/mol. The Bertz CT molecular complexity index is 698. The summed E-state index contributed by atoms with van der Waals surface area (Å²) in [6.07, 6.45) is -4.60. The maximum atomic E-state index is 12.5. The number of hydrogen-bond acceptors (Lipinski definition) is 3. The van der Waals surface area contributed by atoms with Crippen LogP contribution < -0.4 is 0 Å². The maximum absolute atomic E-state index is 12.5. The summed E-state index contributed by atoms with van der Waals surface area (Å²) in [5.74, 6) is -0.417. The van der Waals surface area contributed by atoms with E-state index in [1.54, 1.807) is 36.4 Å². The third kappa shape index (κ3) is 4.57. The number of hydrogen-bond donors (Lipinski definition) is 0. The molecular formula is C16H12F3NO3. The molecule has 0 aliphatic heterocycles. The van der Waals surface area contributed by atoms with Gasteiger partial charge in [-0.25, -0.2) is 0 Å². The topological polar surface area (TPSA) is 52.4 Å². The van der Waals surface area contributed by atoms with Gasteiger partial charge in [0.2, 0.25) is 5.76 Å². The summed E-state index contributed by atoms with van der Waals surface area (Å²) >= 11 is 0. The number of benzene rings is 2. The van der Waals surface area contributed by atoms with Crippen LogP contribution in [-0.2, 0) is 4.74 Å². The molecule has 0 saturated heterocycles. The van der Waals surface area contributed by atoms with Gasteiger partial charge >= 0.3 is 11.9 Å². The minimum absolute atomic E-state index is 0.165. The highest BCUT2D eigenvalue weighted by Gasteiger charge is 2.32. The third-order valence-corrected chi connectivity index (χ3v) is 2.86. The number of halogens is 3. The minimum Gasteiger partial charge on any atom is -0.477 e. The largest absolute Gasteiger partial charge is 0.477 e. The van der Waals surface area contributed by atoms with E-state index in [9.17, 15) is 23.3 Å². The molecule has 7 heteroatoms. The van der Waals surface area contributed by atoms with Crippen molar-refractivity contribution in [3.8, 4) is 0 Å². The standard InChI is InChI=1S/C16H12F3NO3/c17-16(18,19)11-23-15(13-9-5-2-6-10-13)14(20(21)22)12-7-3-1-4-8-12/h1-10H,11H2/b15-14-. The normalized spacial score (nSPS) is 12.5. The fourth-order valence-corrected chi connectivity index (χ4v) is 1.95. The molecule has 0 radical (unpaired) electrons. The maximum Gasteiger partial charge on any atom is 0.422 e. The summed E-state index contributed by atoms with van der Waals surface area (Å²) < 4.78 is 42.2. The van der Waals surface area contributed by atoms with E-state index >= 15 is 0 Å². The lowest BCUT2D eigenvalue weighted by Crippen LogP contribution is -2.17. The quantitative estimate of drug-likeness (QED) is 0.355. The van der Waals surface area contributed by atoms with Crippen molar-refractivity contribution in [2.75, 3.05) is 6.61 Å². The van der Waals surface area contributed by atoms with Crippen molar-refractivity contribution < 1.29 is 22.8 Å². The molecule has 2 rings (SSSR count). The summed E-state index contributed by atoms with van der Waals surface area (Å²) in [5.41, 5.74) is -0.146. The zero-order chi connectivity index (χ0) is 16.9. The predicted octanol–water partition coefficient (Wildman–Crippen LogP) is 4.37. The smallest absolute Gasteiger partial charge is 0.422 e. The molecule has 0 fully saturated rings. The molecule has 120 valence electrons. The molecule has 4 nitrogen and oxygen atoms in total. The second-order valence-corrected chi connectivity index (χ2v) is 4.57. The van der Waals surface area contributed by atoms with Crippen molar-refractivity contribution in [3.05, 3.63) is 81.9 Å². The zero-order valence-electron chi connectivity index (χ0n) is 11.8. The number of nitro groups is 1. The molecule has 0 unspecified atom stereocenters. The van der Waals surface area contributed by atoms with Gasteiger partial charge in [0.05, 0.1) is 10.5 Å². The molecule has 0 amide bonds. The van der Waals surface area contributed by atoms with Crippen molar-refractivity contribution in [2.24, 2.45) is 0 Å². The summed E-state index contributed by atoms with van der Waals surface area (Å²) in [5, 5.41) is 11.4. The Morgan fingerprint density at radius 1 is 0.957 bits per heavy atom. The van der Waals surface area contributed by atoms with Crippen LogP contribution in [0.3, 0.4) is 0 Å². The third-order valence-electron chi connectivity index (χ3n) is 2.86. The van der Waals surface area contributed by atoms with E-state index in [1.807, 2.05) is 0 Å². The van der Waals surface area contributed by atoms with Crippen LogP contribution in [0, 0.1) is 10.1 Å². The Hall–Kier alpha value is -2.83. The van der Waals surface area contributed by atoms with Gasteiger partial charge in [0.15, 0.2) is 6.61 Å². The van der Waals surface area contributed by atoms with Crippen LogP contribution in [-0.4, -0.2) is 17.7 Å². The van der Waals surface area contributed by atoms with Crippen molar-refractivity contribution in [3.63, 3.8) is 0 Å². The highest BCUT2D eigenvalue weighted by molar-refractivity contribution is 5.83. The van der Waals surface area contributed by atoms with E-state index in [0.29, 0.717) is 0 Å². The summed E-state index contributed by atoms with van der Waals surface area (Å²) in [4.78, 5) is 10.7. The van der Waals surface area contributed by atoms with Crippen molar-refractivity contribution >= 4 is 11.5 Å². The molecule has 2 aromatic carbocycles. The Balaban J connectivity index is 2.58. The lowest BCUT2D eigenvalue weighted by molar-refractivity contribution is -0.375. The van der Waals surface area contributed by atoms with Crippen LogP contribution in [0.5, 0.6) is 0 Å². The lowest BCUT2D eigenvalue weighted by atomic mass is 10.1. The highest BCUT2D eigenvalue weighted by Crippen LogP contribution is 2.29. The van der Waals surface area contributed by atoms with Gasteiger partial charge in [-0.1, -0.05) is 48.5 Å². The summed E-state index contributed by atoms with van der Waals surface area (Å²) in [6.45, 7) is -1.61. The highest BCUT2D eigenvalue weighted by atomic mass is 19.4. The Kier molecular flexibility index (Phi) is 5.00. The molecule has 23 heavy (non-hydrogen) atoms. The number of nitrogens with zero attached hydrogens (tertiary/aromatic N) is 1. The first-order valence-electron chi connectivity index (χ1n) is 6.57. The van der Waals surface area contributed by atoms with Crippen molar-refractivity contribution in [1.29, 1.82) is 0 Å². The van der Waals surface area contributed by atoms with E-state index in [2.05, 4.69) is 0 Å². The zero-order valence-corrected chi connectivity index (χ0v) is 11.8. The second kappa shape index (κ2) is 6.95. The van der Waals surface area contributed by atoms with Crippen molar-refractivity contribution in [1.82, 2.24) is 0 Å². The van der Waals surface area contributed by atoms with E-state index in [4.69, 9.17) is 4.74 Å². The van der Waals surface area contributed by atoms with Gasteiger partial charge in [0, 0.05) is 5.56 Å². The molecule has 0 heterocycles. The van der Waals surface area contributed by atoms with Gasteiger partial charge in [0.1, 0.15) is 0 Å². The molecule has 0 N–H and O–H groups in total. The Morgan fingerprint density at radius 2 is 1.43 bits per heavy atom. The van der Waals surface area contributed by atoms with Gasteiger partial charge in [-0.15, -0.1) is 0 Å². The minimum atomic E-state index is -4.60. The van der Waals surface area contributed by atoms with E-state index < -0.39 is 29.2 Å². The van der Waals surface area contributed by atoms with Crippen LogP contribution in [0.4, 0.5) is 13.2 Å². The SMILES string of the molecule is O=[N+]([O-])/C(=C(\OCC(F)(F)F)c1ccccc1)c1ccccc1. The molecule has 0 saturated carbocycles. The molecule has 0 aromatic heterocycles. The average molecular weight is 323 g/mol. The molecule has 0 spiro atoms. The van der Waals surface area contributed by atoms with Gasteiger partial charge in [-0.3, -0.25) is 10.1 Å². The van der Waals surface area contributed by atoms with Crippen LogP contribution in [0.25, 0.3) is 11.5 Å². The first-order chi connectivity index (χ1) is 10.9. The number of rotatable bonds is 5. The molecule has 0 aliphatic rings. The molecule has 0 bridgehead atoms. The monoisotopic (exact) mass is 323 g/mol. The van der Waals surface area contributed by atoms with Gasteiger partial charge < -0.3 is 4.74 Å². The molecular weight excluding hydrogens is 311 g/mol. The van der Waals surface area contributed by atoms with E-state index in [1.165, 1.54) is 24.3 Å². The van der Waals surface area contributed by atoms with Gasteiger partial charge in [-0.2, -0.15) is 13.2 Å². The van der Waals surface area contributed by atoms with Crippen LogP contribution in [0.2, 0.25) is 0 Å². The van der Waals surface area contributed by atoms with Crippen molar-refractivity contribution in [2.45, 2.75) is 6.18 Å². The molecule has 0 atom stereocenters. The van der Waals surface area contributed by atoms with Crippen LogP contribution >= 0.6 is 0 Å². The number of alkyl halides is 3. The van der Waals surface area contributed by atoms with Gasteiger partial charge in [0.25, 0.3) is 0 Å². The fraction of sp³-hybridized carbons (Fsp3) is 0.125. The first kappa shape index (κ1) is 16.5. The van der Waals surface area contributed by atoms with Gasteiger partial charge in [-0.05, 0) is 12.1 Å². The molecule has 2 aromatic rings. The van der Waals surface area contributed by atoms with Crippen LogP contribution in [0.15, 0.2) is 60.7 Å². The fourth-order valence-electron chi connectivity index (χ4n) is 1.95. The Morgan fingerprint density at radius 3 is 1.87 bits per heavy atom. The summed E-state index contributed by atoms with van der Waals surface area (Å²) in [6, 6.07) is 15.4. The average Bonchev–Trinajstić information content (AvgIpc) is 2.51. The Labute approximate surface area is 130 Å². The van der Waals surface area contributed by atoms with E-state index in [0.717, 1.165) is 0 Å². The molecule has 0 aliphatic carbocycles. The number of ether oxygens (including phenoxy) is 1. The van der Waals surface area contributed by atoms with Crippen LogP contribution in [0.1, 0.15) is 11.1 Å². The lowest BCUT2D eigenvalue weighted by Gasteiger charge is -2.13. The second-order valence-electron chi connectivity index (χ2n) is 4.57.